The molecular weight excluding hydrogens is 365 g/mol. The lowest BCUT2D eigenvalue weighted by molar-refractivity contribution is 1.07. The first-order valence-electron chi connectivity index (χ1n) is 3.86. The van der Waals surface area contributed by atoms with E-state index in [4.69, 9.17) is 11.6 Å². The number of nitrogens with one attached hydrogen (secondary N) is 1. The van der Waals surface area contributed by atoms with Crippen LogP contribution in [0.15, 0.2) is 26.6 Å². The molecule has 0 atom stereocenters. The Morgan fingerprint density at radius 2 is 2.07 bits per heavy atom. The van der Waals surface area contributed by atoms with Gasteiger partial charge in [-0.15, -0.1) is 10.2 Å². The third-order valence-corrected chi connectivity index (χ3v) is 3.74. The minimum atomic E-state index is 0.686. The first kappa shape index (κ1) is 11.3. The molecule has 1 aromatic carbocycles. The minimum Gasteiger partial charge on any atom is -0.329 e. The first-order valence-corrected chi connectivity index (χ1v) is 6.64. The highest BCUT2D eigenvalue weighted by atomic mass is 79.9. The number of nitrogens with zero attached hydrogens (tertiary/aromatic N) is 2. The normalized spacial score (nSPS) is 10.3. The highest BCUT2D eigenvalue weighted by Crippen LogP contribution is 2.30. The number of hydrogen-bond acceptors (Lipinski definition) is 4. The lowest BCUT2D eigenvalue weighted by Crippen LogP contribution is -1.90. The third-order valence-electron chi connectivity index (χ3n) is 1.57. The standard InChI is InChI=1S/C8H4Br2ClN3S/c9-5-3-4(11)1-2-6(5)12-8-14-13-7(10)15-8/h1-3H,(H,12,14). The van der Waals surface area contributed by atoms with Crippen LogP contribution in [0.3, 0.4) is 0 Å². The fourth-order valence-electron chi connectivity index (χ4n) is 0.962. The van der Waals surface area contributed by atoms with Gasteiger partial charge in [-0.05, 0) is 50.1 Å². The molecule has 2 rings (SSSR count). The van der Waals surface area contributed by atoms with Gasteiger partial charge in [-0.1, -0.05) is 22.9 Å². The van der Waals surface area contributed by atoms with Crippen LogP contribution >= 0.6 is 54.8 Å². The molecule has 1 N–H and O–H groups in total. The zero-order valence-electron chi connectivity index (χ0n) is 7.17. The van der Waals surface area contributed by atoms with Gasteiger partial charge in [0.2, 0.25) is 5.13 Å². The van der Waals surface area contributed by atoms with Crippen molar-refractivity contribution in [1.29, 1.82) is 0 Å². The summed E-state index contributed by atoms with van der Waals surface area (Å²) < 4.78 is 1.64. The van der Waals surface area contributed by atoms with E-state index in [0.717, 1.165) is 19.2 Å². The van der Waals surface area contributed by atoms with Crippen LogP contribution in [-0.2, 0) is 0 Å². The molecule has 15 heavy (non-hydrogen) atoms. The van der Waals surface area contributed by atoms with Crippen LogP contribution in [0.1, 0.15) is 0 Å². The number of aromatic nitrogens is 2. The van der Waals surface area contributed by atoms with Crippen molar-refractivity contribution in [3.05, 3.63) is 31.6 Å². The van der Waals surface area contributed by atoms with Gasteiger partial charge in [-0.25, -0.2) is 0 Å². The summed E-state index contributed by atoms with van der Waals surface area (Å²) >= 11 is 13.9. The summed E-state index contributed by atoms with van der Waals surface area (Å²) in [6, 6.07) is 5.51. The largest absolute Gasteiger partial charge is 0.329 e. The van der Waals surface area contributed by atoms with Crippen LogP contribution in [-0.4, -0.2) is 10.2 Å². The second-order valence-corrected chi connectivity index (χ2v) is 6.15. The van der Waals surface area contributed by atoms with E-state index < -0.39 is 0 Å². The SMILES string of the molecule is Clc1ccc(Nc2nnc(Br)s2)c(Br)c1. The summed E-state index contributed by atoms with van der Waals surface area (Å²) in [5, 5.41) is 12.3. The van der Waals surface area contributed by atoms with Crippen LogP contribution < -0.4 is 5.32 Å². The summed E-state index contributed by atoms with van der Waals surface area (Å²) in [6.45, 7) is 0. The van der Waals surface area contributed by atoms with Crippen LogP contribution in [0.2, 0.25) is 5.02 Å². The lowest BCUT2D eigenvalue weighted by Gasteiger charge is -2.04. The molecule has 0 unspecified atom stereocenters. The molecule has 0 radical (unpaired) electrons. The van der Waals surface area contributed by atoms with E-state index in [1.165, 1.54) is 11.3 Å². The van der Waals surface area contributed by atoms with E-state index in [0.29, 0.717) is 5.02 Å². The van der Waals surface area contributed by atoms with E-state index in [9.17, 15) is 0 Å². The molecule has 1 aromatic heterocycles. The molecule has 0 bridgehead atoms. The van der Waals surface area contributed by atoms with Crippen molar-refractivity contribution in [2.45, 2.75) is 0 Å². The summed E-state index contributed by atoms with van der Waals surface area (Å²) in [7, 11) is 0. The van der Waals surface area contributed by atoms with Crippen molar-refractivity contribution in [1.82, 2.24) is 10.2 Å². The Bertz CT molecular complexity index is 488. The Kier molecular flexibility index (Phi) is 3.60. The van der Waals surface area contributed by atoms with Gasteiger partial charge in [-0.3, -0.25) is 0 Å². The smallest absolute Gasteiger partial charge is 0.210 e. The van der Waals surface area contributed by atoms with Crippen molar-refractivity contribution in [2.75, 3.05) is 5.32 Å². The Morgan fingerprint density at radius 3 is 2.67 bits per heavy atom. The predicted octanol–water partition coefficient (Wildman–Crippen LogP) is 4.46. The van der Waals surface area contributed by atoms with E-state index in [2.05, 4.69) is 47.4 Å². The molecular formula is C8H4Br2ClN3S. The minimum absolute atomic E-state index is 0.686. The number of hydrogen-bond donors (Lipinski definition) is 1. The maximum Gasteiger partial charge on any atom is 0.210 e. The zero-order valence-corrected chi connectivity index (χ0v) is 11.9. The van der Waals surface area contributed by atoms with Crippen LogP contribution in [0.5, 0.6) is 0 Å². The van der Waals surface area contributed by atoms with Gasteiger partial charge in [0.05, 0.1) is 5.69 Å². The lowest BCUT2D eigenvalue weighted by atomic mass is 10.3. The van der Waals surface area contributed by atoms with Gasteiger partial charge in [0.1, 0.15) is 0 Å². The van der Waals surface area contributed by atoms with Crippen LogP contribution in [0.25, 0.3) is 0 Å². The van der Waals surface area contributed by atoms with Crippen molar-refractivity contribution in [3.8, 4) is 0 Å². The summed E-state index contributed by atoms with van der Waals surface area (Å²) in [5.41, 5.74) is 0.906. The van der Waals surface area contributed by atoms with Gasteiger partial charge >= 0.3 is 0 Å². The molecule has 0 spiro atoms. The molecule has 0 amide bonds. The van der Waals surface area contributed by atoms with Gasteiger partial charge in [-0.2, -0.15) is 0 Å². The molecule has 3 nitrogen and oxygen atoms in total. The van der Waals surface area contributed by atoms with E-state index >= 15 is 0 Å². The Morgan fingerprint density at radius 1 is 1.27 bits per heavy atom. The average molecular weight is 369 g/mol. The molecule has 0 saturated carbocycles. The second kappa shape index (κ2) is 4.78. The molecule has 0 aliphatic rings. The molecule has 0 aliphatic carbocycles. The van der Waals surface area contributed by atoms with Gasteiger partial charge in [0, 0.05) is 9.50 Å². The highest BCUT2D eigenvalue weighted by molar-refractivity contribution is 9.11. The maximum atomic E-state index is 5.83. The predicted molar refractivity (Wildman–Crippen MR) is 70.0 cm³/mol. The third kappa shape index (κ3) is 2.90. The molecule has 0 fully saturated rings. The monoisotopic (exact) mass is 367 g/mol. The van der Waals surface area contributed by atoms with Crippen molar-refractivity contribution in [3.63, 3.8) is 0 Å². The average Bonchev–Trinajstić information content (AvgIpc) is 2.56. The van der Waals surface area contributed by atoms with Crippen molar-refractivity contribution < 1.29 is 0 Å². The molecule has 7 heteroatoms. The molecule has 0 saturated heterocycles. The molecule has 78 valence electrons. The van der Waals surface area contributed by atoms with E-state index in [1.807, 2.05) is 18.2 Å². The van der Waals surface area contributed by atoms with E-state index in [1.54, 1.807) is 0 Å². The topological polar surface area (TPSA) is 37.8 Å². The quantitative estimate of drug-likeness (QED) is 0.849. The van der Waals surface area contributed by atoms with Gasteiger partial charge < -0.3 is 5.32 Å². The Labute approximate surface area is 112 Å². The number of anilines is 2. The fraction of sp³-hybridized carbons (Fsp3) is 0. The Balaban J connectivity index is 2.24. The maximum absolute atomic E-state index is 5.83. The molecule has 0 aliphatic heterocycles. The fourth-order valence-corrected chi connectivity index (χ4v) is 2.77. The van der Waals surface area contributed by atoms with Crippen LogP contribution in [0, 0.1) is 0 Å². The summed E-state index contributed by atoms with van der Waals surface area (Å²) in [4.78, 5) is 0. The number of rotatable bonds is 2. The van der Waals surface area contributed by atoms with Crippen molar-refractivity contribution in [2.24, 2.45) is 0 Å². The summed E-state index contributed by atoms with van der Waals surface area (Å²) in [6.07, 6.45) is 0. The highest BCUT2D eigenvalue weighted by Gasteiger charge is 2.04. The second-order valence-electron chi connectivity index (χ2n) is 2.61. The Hall–Kier alpha value is -0.170. The molecule has 1 heterocycles. The van der Waals surface area contributed by atoms with Gasteiger partial charge in [0.15, 0.2) is 3.92 Å². The molecule has 2 aromatic rings. The zero-order chi connectivity index (χ0) is 10.8. The summed E-state index contributed by atoms with van der Waals surface area (Å²) in [5.74, 6) is 0. The van der Waals surface area contributed by atoms with Gasteiger partial charge in [0.25, 0.3) is 0 Å². The number of benzene rings is 1. The van der Waals surface area contributed by atoms with E-state index in [-0.39, 0.29) is 0 Å². The number of halogens is 3. The van der Waals surface area contributed by atoms with Crippen LogP contribution in [0.4, 0.5) is 10.8 Å². The van der Waals surface area contributed by atoms with Crippen molar-refractivity contribution >= 4 is 65.6 Å². The first-order chi connectivity index (χ1) is 7.15.